The third-order valence-corrected chi connectivity index (χ3v) is 3.95. The quantitative estimate of drug-likeness (QED) is 0.697. The molecule has 0 radical (unpaired) electrons. The van der Waals surface area contributed by atoms with Gasteiger partial charge in [-0.1, -0.05) is 0 Å². The molecule has 0 spiro atoms. The Balaban J connectivity index is 2.62. The molecule has 0 bridgehead atoms. The average Bonchev–Trinajstić information content (AvgIpc) is 2.64. The van der Waals surface area contributed by atoms with E-state index in [1.54, 1.807) is 12.4 Å². The van der Waals surface area contributed by atoms with Gasteiger partial charge in [-0.3, -0.25) is 4.90 Å². The minimum absolute atomic E-state index is 0.106. The number of carboxylic acid groups (broad SMARTS) is 1. The summed E-state index contributed by atoms with van der Waals surface area (Å²) in [5.74, 6) is -1.25. The van der Waals surface area contributed by atoms with E-state index >= 15 is 0 Å². The van der Waals surface area contributed by atoms with Gasteiger partial charge in [0.25, 0.3) is 0 Å². The number of nitrogens with zero attached hydrogens (tertiary/aromatic N) is 4. The molecule has 1 aromatic heterocycles. The van der Waals surface area contributed by atoms with Gasteiger partial charge in [-0.05, 0) is 20.8 Å². The summed E-state index contributed by atoms with van der Waals surface area (Å²) in [6, 6.07) is -1.25. The number of quaternary nitrogens is 1. The number of amides is 2. The van der Waals surface area contributed by atoms with E-state index in [0.29, 0.717) is 5.69 Å². The number of likely N-dealkylation sites (N-methyl/N-ethyl adjacent to an activating group) is 1. The smallest absolute Gasteiger partial charge is 0.425 e. The largest absolute Gasteiger partial charge is 0.548 e. The summed E-state index contributed by atoms with van der Waals surface area (Å²) in [6.07, 6.45) is 4.49. The van der Waals surface area contributed by atoms with Crippen LogP contribution in [0.2, 0.25) is 0 Å². The van der Waals surface area contributed by atoms with E-state index in [1.807, 2.05) is 20.8 Å². The monoisotopic (exact) mass is 278 g/mol. The van der Waals surface area contributed by atoms with E-state index < -0.39 is 17.6 Å². The summed E-state index contributed by atoms with van der Waals surface area (Å²) < 4.78 is -0.136. The fraction of sp³-hybridized carbons (Fsp3) is 0.538. The van der Waals surface area contributed by atoms with Crippen molar-refractivity contribution in [2.75, 3.05) is 13.6 Å². The molecule has 2 rings (SSSR count). The van der Waals surface area contributed by atoms with Crippen LogP contribution in [0, 0.1) is 0 Å². The van der Waals surface area contributed by atoms with Crippen LogP contribution in [-0.2, 0) is 4.79 Å². The third-order valence-electron chi connectivity index (χ3n) is 3.95. The molecule has 0 aromatic carbocycles. The first-order valence-electron chi connectivity index (χ1n) is 6.34. The summed E-state index contributed by atoms with van der Waals surface area (Å²) in [7, 11) is 1.48. The summed E-state index contributed by atoms with van der Waals surface area (Å²) in [5, 5.41) is 11.3. The summed E-state index contributed by atoms with van der Waals surface area (Å²) >= 11 is 0. The van der Waals surface area contributed by atoms with Crippen LogP contribution in [0.1, 0.15) is 20.8 Å². The third kappa shape index (κ3) is 1.85. The van der Waals surface area contributed by atoms with Crippen molar-refractivity contribution in [3.63, 3.8) is 0 Å². The Morgan fingerprint density at radius 2 is 1.95 bits per heavy atom. The fourth-order valence-corrected chi connectivity index (χ4v) is 2.75. The molecule has 2 heterocycles. The van der Waals surface area contributed by atoms with Gasteiger partial charge in [0.2, 0.25) is 0 Å². The molecule has 2 unspecified atom stereocenters. The van der Waals surface area contributed by atoms with Crippen molar-refractivity contribution in [3.8, 4) is 0 Å². The molecule has 1 aliphatic heterocycles. The van der Waals surface area contributed by atoms with Crippen LogP contribution >= 0.6 is 0 Å². The van der Waals surface area contributed by atoms with E-state index in [2.05, 4.69) is 9.97 Å². The summed E-state index contributed by atoms with van der Waals surface area (Å²) in [6.45, 7) is 5.78. The molecule has 0 aliphatic carbocycles. The number of rotatable bonds is 2. The van der Waals surface area contributed by atoms with Crippen molar-refractivity contribution in [2.45, 2.75) is 32.4 Å². The molecule has 1 aromatic rings. The SMILES string of the molecule is CN1C(=O)[N+](c2cncnc2)(C(C)(C)C)CC1C(=O)[O-]. The van der Waals surface area contributed by atoms with Gasteiger partial charge in [-0.2, -0.15) is 4.48 Å². The topological polar surface area (TPSA) is 86.2 Å². The predicted octanol–water partition coefficient (Wildman–Crippen LogP) is -0.234. The van der Waals surface area contributed by atoms with Gasteiger partial charge in [-0.15, -0.1) is 0 Å². The Bertz CT molecular complexity index is 540. The van der Waals surface area contributed by atoms with E-state index in [-0.39, 0.29) is 17.1 Å². The Kier molecular flexibility index (Phi) is 3.25. The van der Waals surface area contributed by atoms with Crippen LogP contribution < -0.4 is 9.59 Å². The molecule has 0 N–H and O–H groups in total. The average molecular weight is 278 g/mol. The van der Waals surface area contributed by atoms with Gasteiger partial charge >= 0.3 is 6.03 Å². The second-order valence-corrected chi connectivity index (χ2v) is 5.99. The highest BCUT2D eigenvalue weighted by molar-refractivity contribution is 5.95. The fourth-order valence-electron chi connectivity index (χ4n) is 2.75. The highest BCUT2D eigenvalue weighted by Crippen LogP contribution is 2.38. The Labute approximate surface area is 117 Å². The zero-order valence-electron chi connectivity index (χ0n) is 12.0. The van der Waals surface area contributed by atoms with E-state index in [9.17, 15) is 14.7 Å². The molecule has 2 amide bonds. The predicted molar refractivity (Wildman–Crippen MR) is 70.4 cm³/mol. The number of aromatic nitrogens is 2. The highest BCUT2D eigenvalue weighted by atomic mass is 16.4. The molecule has 0 saturated carbocycles. The van der Waals surface area contributed by atoms with Crippen molar-refractivity contribution in [1.82, 2.24) is 19.4 Å². The van der Waals surface area contributed by atoms with Gasteiger partial charge in [0.05, 0.1) is 18.4 Å². The molecule has 7 heteroatoms. The normalized spacial score (nSPS) is 26.9. The van der Waals surface area contributed by atoms with Gasteiger partial charge in [-0.25, -0.2) is 14.8 Å². The van der Waals surface area contributed by atoms with Gasteiger partial charge < -0.3 is 9.90 Å². The highest BCUT2D eigenvalue weighted by Gasteiger charge is 2.59. The Morgan fingerprint density at radius 1 is 1.40 bits per heavy atom. The lowest BCUT2D eigenvalue weighted by molar-refractivity contribution is -0.309. The molecule has 20 heavy (non-hydrogen) atoms. The van der Waals surface area contributed by atoms with E-state index in [0.717, 1.165) is 0 Å². The van der Waals surface area contributed by atoms with Crippen LogP contribution in [0.5, 0.6) is 0 Å². The second-order valence-electron chi connectivity index (χ2n) is 5.99. The zero-order chi connectivity index (χ0) is 15.1. The first kappa shape index (κ1) is 14.4. The van der Waals surface area contributed by atoms with Crippen LogP contribution in [0.15, 0.2) is 18.7 Å². The number of carboxylic acids is 1. The number of aliphatic carboxylic acids is 1. The van der Waals surface area contributed by atoms with E-state index in [4.69, 9.17) is 0 Å². The number of carbonyl (C=O) groups excluding carboxylic acids is 2. The first-order valence-corrected chi connectivity index (χ1v) is 6.34. The number of carbonyl (C=O) groups is 2. The van der Waals surface area contributed by atoms with Gasteiger partial charge in [0, 0.05) is 7.05 Å². The number of urea groups is 1. The van der Waals surface area contributed by atoms with Crippen molar-refractivity contribution < 1.29 is 14.7 Å². The lowest BCUT2D eigenvalue weighted by atomic mass is 10.0. The molecule has 1 fully saturated rings. The van der Waals surface area contributed by atoms with Crippen LogP contribution in [0.3, 0.4) is 0 Å². The summed E-state index contributed by atoms with van der Waals surface area (Å²) in [4.78, 5) is 33.1. The molecular formula is C13H18N4O3. The number of hydrogen-bond donors (Lipinski definition) is 0. The second kappa shape index (κ2) is 4.52. The van der Waals surface area contributed by atoms with Crippen LogP contribution in [-0.4, -0.2) is 52.0 Å². The van der Waals surface area contributed by atoms with Crippen molar-refractivity contribution in [1.29, 1.82) is 0 Å². The van der Waals surface area contributed by atoms with Gasteiger partial charge in [0.15, 0.2) is 5.69 Å². The Morgan fingerprint density at radius 3 is 2.35 bits per heavy atom. The molecule has 2 atom stereocenters. The maximum Gasteiger partial charge on any atom is 0.425 e. The van der Waals surface area contributed by atoms with Crippen molar-refractivity contribution in [3.05, 3.63) is 18.7 Å². The maximum atomic E-state index is 12.7. The number of hydrogen-bond acceptors (Lipinski definition) is 5. The molecule has 1 saturated heterocycles. The zero-order valence-corrected chi connectivity index (χ0v) is 12.0. The van der Waals surface area contributed by atoms with Gasteiger partial charge in [0.1, 0.15) is 24.5 Å². The molecule has 1 aliphatic rings. The molecular weight excluding hydrogens is 260 g/mol. The van der Waals surface area contributed by atoms with E-state index in [1.165, 1.54) is 18.3 Å². The standard InChI is InChI=1S/C13H18N4O3/c1-13(2,3)17(9-5-14-8-15-6-9)7-10(11(18)19)16(4)12(17)20/h5-6,8,10H,7H2,1-4H3. The summed E-state index contributed by atoms with van der Waals surface area (Å²) in [5.41, 5.74) is 0.0564. The first-order chi connectivity index (χ1) is 9.22. The Hall–Kier alpha value is -2.02. The van der Waals surface area contributed by atoms with Crippen LogP contribution in [0.25, 0.3) is 0 Å². The minimum atomic E-state index is -1.25. The minimum Gasteiger partial charge on any atom is -0.548 e. The van der Waals surface area contributed by atoms with Crippen molar-refractivity contribution >= 4 is 17.7 Å². The lowest BCUT2D eigenvalue weighted by Gasteiger charge is -2.41. The van der Waals surface area contributed by atoms with Crippen LogP contribution in [0.4, 0.5) is 10.5 Å². The van der Waals surface area contributed by atoms with Crippen molar-refractivity contribution in [2.24, 2.45) is 0 Å². The molecule has 108 valence electrons. The molecule has 7 nitrogen and oxygen atoms in total. The maximum absolute atomic E-state index is 12.7. The lowest BCUT2D eigenvalue weighted by Crippen LogP contribution is -2.63.